The van der Waals surface area contributed by atoms with Gasteiger partial charge in [-0.2, -0.15) is 5.10 Å². The average molecular weight is 511 g/mol. The molecular weight excluding hydrogens is 480 g/mol. The zero-order valence-electron chi connectivity index (χ0n) is 21.7. The highest BCUT2D eigenvalue weighted by atomic mass is 16.6. The Balaban J connectivity index is 1.82. The number of nitrogens with zero attached hydrogens (tertiary/aromatic N) is 4. The zero-order chi connectivity index (χ0) is 27.1. The highest BCUT2D eigenvalue weighted by molar-refractivity contribution is 6.13. The van der Waals surface area contributed by atoms with Crippen LogP contribution in [-0.4, -0.2) is 38.0 Å². The number of hydrogen-bond donors (Lipinski definition) is 0. The van der Waals surface area contributed by atoms with E-state index in [2.05, 4.69) is 5.10 Å². The monoisotopic (exact) mass is 510 g/mol. The lowest BCUT2D eigenvalue weighted by molar-refractivity contribution is -0.385. The molecule has 0 fully saturated rings. The van der Waals surface area contributed by atoms with E-state index >= 15 is 0 Å². The molecule has 194 valence electrons. The maximum Gasteiger partial charge on any atom is 0.331 e. The first-order valence-corrected chi connectivity index (χ1v) is 12.4. The number of nitro groups is 1. The molecule has 0 bridgehead atoms. The highest BCUT2D eigenvalue weighted by Crippen LogP contribution is 2.24. The molecule has 1 heterocycles. The highest BCUT2D eigenvalue weighted by Gasteiger charge is 2.31. The summed E-state index contributed by atoms with van der Waals surface area (Å²) in [5.41, 5.74) is 2.54. The van der Waals surface area contributed by atoms with Gasteiger partial charge in [0.25, 0.3) is 0 Å². The summed E-state index contributed by atoms with van der Waals surface area (Å²) >= 11 is 0. The maximum atomic E-state index is 13.5. The topological polar surface area (TPSA) is 99.6 Å². The van der Waals surface area contributed by atoms with Gasteiger partial charge in [-0.15, -0.1) is 0 Å². The minimum Gasteiger partial charge on any atom is -0.458 e. The fraction of sp³-hybridized carbons (Fsp3) is 0.233. The first-order chi connectivity index (χ1) is 18.2. The molecule has 0 aliphatic carbocycles. The van der Waals surface area contributed by atoms with Crippen LogP contribution in [0.4, 0.5) is 5.69 Å². The van der Waals surface area contributed by atoms with Gasteiger partial charge in [0.1, 0.15) is 17.5 Å². The molecule has 1 atom stereocenters. The molecule has 0 N–H and O–H groups in total. The number of esters is 1. The van der Waals surface area contributed by atoms with Crippen molar-refractivity contribution >= 4 is 17.4 Å². The van der Waals surface area contributed by atoms with Crippen molar-refractivity contribution in [2.75, 3.05) is 0 Å². The summed E-state index contributed by atoms with van der Waals surface area (Å²) in [4.78, 5) is 29.9. The van der Waals surface area contributed by atoms with E-state index in [1.807, 2.05) is 91.0 Å². The predicted molar refractivity (Wildman–Crippen MR) is 146 cm³/mol. The number of hydrogen-bond acceptors (Lipinski definition) is 6. The van der Waals surface area contributed by atoms with Gasteiger partial charge in [-0.25, -0.2) is 4.79 Å². The lowest BCUT2D eigenvalue weighted by Gasteiger charge is -2.23. The van der Waals surface area contributed by atoms with Gasteiger partial charge in [-0.3, -0.25) is 19.8 Å². The molecule has 0 unspecified atom stereocenters. The van der Waals surface area contributed by atoms with Crippen molar-refractivity contribution < 1.29 is 14.5 Å². The van der Waals surface area contributed by atoms with Crippen LogP contribution in [0.2, 0.25) is 0 Å². The number of aliphatic imine (C=N–C) groups is 1. The molecule has 0 radical (unpaired) electrons. The van der Waals surface area contributed by atoms with E-state index in [4.69, 9.17) is 9.73 Å². The fourth-order valence-electron chi connectivity index (χ4n) is 4.05. The standard InChI is InChI=1S/C30H30N4O4/c1-30(2,3)38-29(35)25(32-28(23-15-9-5-10-16-23)24-17-11-6-12-18-24)19-26-27(34(36)37)20-31-33(26)21-22-13-7-4-8-14-22/h4-18,20,25H,19,21H2,1-3H3/t25-/m0/s1. The van der Waals surface area contributed by atoms with Gasteiger partial charge in [-0.05, 0) is 26.3 Å². The van der Waals surface area contributed by atoms with Crippen molar-refractivity contribution in [1.82, 2.24) is 9.78 Å². The molecule has 0 amide bonds. The molecule has 0 spiro atoms. The van der Waals surface area contributed by atoms with Crippen LogP contribution in [0.25, 0.3) is 0 Å². The third-order valence-electron chi connectivity index (χ3n) is 5.74. The Labute approximate surface area is 221 Å². The smallest absolute Gasteiger partial charge is 0.331 e. The molecular formula is C30H30N4O4. The lowest BCUT2D eigenvalue weighted by atomic mass is 10.0. The van der Waals surface area contributed by atoms with Gasteiger partial charge in [0, 0.05) is 17.5 Å². The van der Waals surface area contributed by atoms with Crippen molar-refractivity contribution in [3.05, 3.63) is 130 Å². The second-order valence-corrected chi connectivity index (χ2v) is 9.84. The van der Waals surface area contributed by atoms with Crippen LogP contribution in [-0.2, 0) is 22.5 Å². The Morgan fingerprint density at radius 2 is 1.47 bits per heavy atom. The summed E-state index contributed by atoms with van der Waals surface area (Å²) in [6.45, 7) is 5.66. The van der Waals surface area contributed by atoms with E-state index < -0.39 is 22.5 Å². The van der Waals surface area contributed by atoms with E-state index in [0.717, 1.165) is 16.7 Å². The van der Waals surface area contributed by atoms with Crippen LogP contribution < -0.4 is 0 Å². The summed E-state index contributed by atoms with van der Waals surface area (Å²) in [5.74, 6) is -0.566. The van der Waals surface area contributed by atoms with Gasteiger partial charge in [-0.1, -0.05) is 91.0 Å². The SMILES string of the molecule is CC(C)(C)OC(=O)[C@H](Cc1c([N+](=O)[O-])cnn1Cc1ccccc1)N=C(c1ccccc1)c1ccccc1. The van der Waals surface area contributed by atoms with E-state index in [1.165, 1.54) is 6.20 Å². The van der Waals surface area contributed by atoms with Crippen molar-refractivity contribution in [3.63, 3.8) is 0 Å². The van der Waals surface area contributed by atoms with Crippen LogP contribution in [0.5, 0.6) is 0 Å². The van der Waals surface area contributed by atoms with Crippen molar-refractivity contribution in [3.8, 4) is 0 Å². The summed E-state index contributed by atoms with van der Waals surface area (Å²) < 4.78 is 7.29. The van der Waals surface area contributed by atoms with Gasteiger partial charge in [0.05, 0.1) is 17.2 Å². The van der Waals surface area contributed by atoms with Gasteiger partial charge < -0.3 is 4.74 Å². The minimum absolute atomic E-state index is 0.0543. The lowest BCUT2D eigenvalue weighted by Crippen LogP contribution is -2.33. The number of ether oxygens (including phenoxy) is 1. The summed E-state index contributed by atoms with van der Waals surface area (Å²) in [6.07, 6.45) is 1.17. The maximum absolute atomic E-state index is 13.5. The van der Waals surface area contributed by atoms with Crippen LogP contribution in [0.15, 0.2) is 102 Å². The number of carbonyl (C=O) groups excluding carboxylic acids is 1. The number of carbonyl (C=O) groups is 1. The molecule has 3 aromatic carbocycles. The van der Waals surface area contributed by atoms with Crippen LogP contribution >= 0.6 is 0 Å². The summed E-state index contributed by atoms with van der Waals surface area (Å²) in [5, 5.41) is 16.2. The second kappa shape index (κ2) is 11.6. The molecule has 1 aromatic heterocycles. The molecule has 4 aromatic rings. The predicted octanol–water partition coefficient (Wildman–Crippen LogP) is 5.63. The first-order valence-electron chi connectivity index (χ1n) is 12.4. The minimum atomic E-state index is -1.05. The summed E-state index contributed by atoms with van der Waals surface area (Å²) in [7, 11) is 0. The third-order valence-corrected chi connectivity index (χ3v) is 5.74. The van der Waals surface area contributed by atoms with Crippen LogP contribution in [0.1, 0.15) is 43.2 Å². The van der Waals surface area contributed by atoms with E-state index in [9.17, 15) is 14.9 Å². The van der Waals surface area contributed by atoms with Gasteiger partial charge in [0.15, 0.2) is 6.04 Å². The number of benzene rings is 3. The van der Waals surface area contributed by atoms with Gasteiger partial charge >= 0.3 is 11.7 Å². The van der Waals surface area contributed by atoms with Crippen LogP contribution in [0.3, 0.4) is 0 Å². The third kappa shape index (κ3) is 6.79. The molecule has 4 rings (SSSR count). The van der Waals surface area contributed by atoms with E-state index in [-0.39, 0.29) is 12.1 Å². The van der Waals surface area contributed by atoms with E-state index in [0.29, 0.717) is 18.0 Å². The number of aromatic nitrogens is 2. The van der Waals surface area contributed by atoms with Crippen molar-refractivity contribution in [2.24, 2.45) is 4.99 Å². The van der Waals surface area contributed by atoms with Crippen molar-refractivity contribution in [2.45, 2.75) is 45.4 Å². The molecule has 0 saturated carbocycles. The fourth-order valence-corrected chi connectivity index (χ4v) is 4.05. The van der Waals surface area contributed by atoms with E-state index in [1.54, 1.807) is 25.5 Å². The quantitative estimate of drug-likeness (QED) is 0.126. The normalized spacial score (nSPS) is 12.0. The molecule has 38 heavy (non-hydrogen) atoms. The Bertz CT molecular complexity index is 1370. The van der Waals surface area contributed by atoms with Crippen molar-refractivity contribution in [1.29, 1.82) is 0 Å². The summed E-state index contributed by atoms with van der Waals surface area (Å²) in [6, 6.07) is 27.6. The van der Waals surface area contributed by atoms with Crippen LogP contribution in [0, 0.1) is 10.1 Å². The molecule has 0 aliphatic rings. The molecule has 8 heteroatoms. The average Bonchev–Trinajstić information content (AvgIpc) is 3.29. The number of rotatable bonds is 9. The second-order valence-electron chi connectivity index (χ2n) is 9.84. The van der Waals surface area contributed by atoms with Gasteiger partial charge in [0.2, 0.25) is 0 Å². The molecule has 0 saturated heterocycles. The Kier molecular flexibility index (Phi) is 8.11. The zero-order valence-corrected chi connectivity index (χ0v) is 21.7. The largest absolute Gasteiger partial charge is 0.458 e. The Morgan fingerprint density at radius 1 is 0.947 bits per heavy atom. The molecule has 8 nitrogen and oxygen atoms in total. The molecule has 0 aliphatic heterocycles. The first kappa shape index (κ1) is 26.5. The Morgan fingerprint density at radius 3 is 1.97 bits per heavy atom. The Hall–Kier alpha value is -4.59.